The lowest BCUT2D eigenvalue weighted by atomic mass is 10.1. The maximum absolute atomic E-state index is 12.9. The van der Waals surface area contributed by atoms with Crippen molar-refractivity contribution in [2.24, 2.45) is 0 Å². The number of anilines is 1. The van der Waals surface area contributed by atoms with Crippen LogP contribution < -0.4 is 5.32 Å². The van der Waals surface area contributed by atoms with Crippen molar-refractivity contribution < 1.29 is 4.79 Å². The van der Waals surface area contributed by atoms with Crippen LogP contribution in [-0.2, 0) is 6.54 Å². The van der Waals surface area contributed by atoms with E-state index in [0.717, 1.165) is 36.8 Å². The summed E-state index contributed by atoms with van der Waals surface area (Å²) in [5, 5.41) is 8.49. The molecule has 2 heterocycles. The molecule has 1 amide bonds. The Morgan fingerprint density at radius 3 is 2.69 bits per heavy atom. The first-order valence-corrected chi connectivity index (χ1v) is 10.7. The van der Waals surface area contributed by atoms with Gasteiger partial charge in [0.1, 0.15) is 0 Å². The molecule has 0 unspecified atom stereocenters. The minimum absolute atomic E-state index is 0.171. The van der Waals surface area contributed by atoms with Gasteiger partial charge in [0.25, 0.3) is 5.91 Å². The number of aromatic nitrogens is 3. The molecule has 1 N–H and O–H groups in total. The molecule has 0 aliphatic rings. The molecule has 2 aromatic heterocycles. The molecule has 4 aromatic rings. The van der Waals surface area contributed by atoms with E-state index >= 15 is 0 Å². The van der Waals surface area contributed by atoms with E-state index in [1.807, 2.05) is 67.1 Å². The van der Waals surface area contributed by atoms with Crippen LogP contribution in [0.25, 0.3) is 10.9 Å². The van der Waals surface area contributed by atoms with E-state index in [1.165, 1.54) is 0 Å². The number of hydrogen-bond donors (Lipinski definition) is 1. The molecule has 0 bridgehead atoms. The number of nitrogens with zero attached hydrogens (tertiary/aromatic N) is 3. The number of benzene rings is 2. The Labute approximate surface area is 185 Å². The van der Waals surface area contributed by atoms with Crippen LogP contribution in [0.4, 0.5) is 5.69 Å². The largest absolute Gasteiger partial charge is 0.320 e. The lowest BCUT2D eigenvalue weighted by Gasteiger charge is -2.10. The quantitative estimate of drug-likeness (QED) is 0.371. The van der Waals surface area contributed by atoms with Gasteiger partial charge in [-0.3, -0.25) is 14.5 Å². The SMILES string of the molecule is Cc1nn(Cc2cccc(C(=O)Nc3ccc(Br)c4cccnc34)c2)c(C)c1Br. The Kier molecular flexibility index (Phi) is 5.52. The van der Waals surface area contributed by atoms with Gasteiger partial charge in [0.15, 0.2) is 0 Å². The first-order valence-electron chi connectivity index (χ1n) is 9.07. The first kappa shape index (κ1) is 19.8. The summed E-state index contributed by atoms with van der Waals surface area (Å²) in [6.45, 7) is 4.59. The molecule has 0 aliphatic heterocycles. The van der Waals surface area contributed by atoms with Crippen LogP contribution in [0.1, 0.15) is 27.3 Å². The van der Waals surface area contributed by atoms with Crippen molar-refractivity contribution in [2.45, 2.75) is 20.4 Å². The molecule has 5 nitrogen and oxygen atoms in total. The molecule has 0 saturated heterocycles. The highest BCUT2D eigenvalue weighted by molar-refractivity contribution is 9.11. The summed E-state index contributed by atoms with van der Waals surface area (Å²) < 4.78 is 3.89. The predicted octanol–water partition coefficient (Wildman–Crippen LogP) is 5.87. The number of pyridine rings is 1. The smallest absolute Gasteiger partial charge is 0.255 e. The van der Waals surface area contributed by atoms with Crippen molar-refractivity contribution in [3.8, 4) is 0 Å². The fourth-order valence-corrected chi connectivity index (χ4v) is 3.98. The fraction of sp³-hybridized carbons (Fsp3) is 0.136. The van der Waals surface area contributed by atoms with Crippen molar-refractivity contribution in [3.63, 3.8) is 0 Å². The van der Waals surface area contributed by atoms with Crippen LogP contribution >= 0.6 is 31.9 Å². The average Bonchev–Trinajstić information content (AvgIpc) is 2.97. The molecule has 0 saturated carbocycles. The summed E-state index contributed by atoms with van der Waals surface area (Å²) in [5.41, 5.74) is 5.04. The molecule has 0 fully saturated rings. The van der Waals surface area contributed by atoms with Crippen LogP contribution in [0, 0.1) is 13.8 Å². The number of carbonyl (C=O) groups excluding carboxylic acids is 1. The molecule has 0 spiro atoms. The van der Waals surface area contributed by atoms with E-state index < -0.39 is 0 Å². The van der Waals surface area contributed by atoms with Crippen molar-refractivity contribution in [2.75, 3.05) is 5.32 Å². The van der Waals surface area contributed by atoms with Crippen molar-refractivity contribution in [1.29, 1.82) is 0 Å². The Morgan fingerprint density at radius 2 is 1.93 bits per heavy atom. The first-order chi connectivity index (χ1) is 13.9. The number of halogens is 2. The van der Waals surface area contributed by atoms with E-state index in [0.29, 0.717) is 17.8 Å². The second kappa shape index (κ2) is 8.08. The topological polar surface area (TPSA) is 59.8 Å². The van der Waals surface area contributed by atoms with Gasteiger partial charge in [0, 0.05) is 21.6 Å². The summed E-state index contributed by atoms with van der Waals surface area (Å²) in [5.74, 6) is -0.171. The zero-order valence-corrected chi connectivity index (χ0v) is 19.1. The lowest BCUT2D eigenvalue weighted by molar-refractivity contribution is 0.102. The Hall–Kier alpha value is -2.51. The fourth-order valence-electron chi connectivity index (χ4n) is 3.25. The number of rotatable bonds is 4. The molecular formula is C22H18Br2N4O. The van der Waals surface area contributed by atoms with Gasteiger partial charge < -0.3 is 5.32 Å². The summed E-state index contributed by atoms with van der Waals surface area (Å²) in [6, 6.07) is 15.2. The molecular weight excluding hydrogens is 496 g/mol. The Morgan fingerprint density at radius 1 is 1.10 bits per heavy atom. The number of hydrogen-bond acceptors (Lipinski definition) is 3. The maximum Gasteiger partial charge on any atom is 0.255 e. The summed E-state index contributed by atoms with van der Waals surface area (Å²) >= 11 is 7.09. The molecule has 0 atom stereocenters. The Balaban J connectivity index is 1.60. The van der Waals surface area contributed by atoms with E-state index in [4.69, 9.17) is 0 Å². The molecule has 4 rings (SSSR count). The van der Waals surface area contributed by atoms with Crippen LogP contribution in [0.3, 0.4) is 0 Å². The van der Waals surface area contributed by atoms with Crippen LogP contribution in [-0.4, -0.2) is 20.7 Å². The second-order valence-corrected chi connectivity index (χ2v) is 8.44. The predicted molar refractivity (Wildman–Crippen MR) is 122 cm³/mol. The van der Waals surface area contributed by atoms with Crippen LogP contribution in [0.5, 0.6) is 0 Å². The molecule has 29 heavy (non-hydrogen) atoms. The Bertz CT molecular complexity index is 1230. The third-order valence-corrected chi connectivity index (χ3v) is 6.62. The molecule has 0 aliphatic carbocycles. The minimum atomic E-state index is -0.171. The maximum atomic E-state index is 12.9. The highest BCUT2D eigenvalue weighted by atomic mass is 79.9. The average molecular weight is 514 g/mol. The molecule has 7 heteroatoms. The summed E-state index contributed by atoms with van der Waals surface area (Å²) in [4.78, 5) is 17.3. The van der Waals surface area contributed by atoms with Gasteiger partial charge >= 0.3 is 0 Å². The third-order valence-electron chi connectivity index (χ3n) is 4.78. The molecule has 146 valence electrons. The summed E-state index contributed by atoms with van der Waals surface area (Å²) in [7, 11) is 0. The second-order valence-electron chi connectivity index (χ2n) is 6.79. The lowest BCUT2D eigenvalue weighted by Crippen LogP contribution is -2.13. The van der Waals surface area contributed by atoms with Gasteiger partial charge in [-0.15, -0.1) is 0 Å². The van der Waals surface area contributed by atoms with Gasteiger partial charge in [-0.05, 0) is 65.7 Å². The highest BCUT2D eigenvalue weighted by Gasteiger charge is 2.13. The van der Waals surface area contributed by atoms with Crippen molar-refractivity contribution in [1.82, 2.24) is 14.8 Å². The standard InChI is InChI=1S/C22H18Br2N4O/c1-13-20(24)14(2)28(27-13)12-15-5-3-6-16(11-15)22(29)26-19-9-8-18(23)17-7-4-10-25-21(17)19/h3-11H,12H2,1-2H3,(H,26,29). The number of fused-ring (bicyclic) bond motifs is 1. The van der Waals surface area contributed by atoms with Crippen molar-refractivity contribution >= 4 is 54.4 Å². The number of amides is 1. The van der Waals surface area contributed by atoms with Gasteiger partial charge in [-0.2, -0.15) is 5.10 Å². The highest BCUT2D eigenvalue weighted by Crippen LogP contribution is 2.28. The van der Waals surface area contributed by atoms with Gasteiger partial charge in [-0.25, -0.2) is 0 Å². The monoisotopic (exact) mass is 512 g/mol. The van der Waals surface area contributed by atoms with Crippen molar-refractivity contribution in [3.05, 3.63) is 86.2 Å². The zero-order chi connectivity index (χ0) is 20.5. The number of aryl methyl sites for hydroxylation is 1. The number of carbonyl (C=O) groups is 1. The third kappa shape index (κ3) is 3.97. The minimum Gasteiger partial charge on any atom is -0.320 e. The molecule has 0 radical (unpaired) electrons. The van der Waals surface area contributed by atoms with E-state index in [9.17, 15) is 4.79 Å². The number of nitrogens with one attached hydrogen (secondary N) is 1. The van der Waals surface area contributed by atoms with E-state index in [-0.39, 0.29) is 5.91 Å². The van der Waals surface area contributed by atoms with Crippen LogP contribution in [0.15, 0.2) is 63.7 Å². The van der Waals surface area contributed by atoms with E-state index in [2.05, 4.69) is 47.3 Å². The van der Waals surface area contributed by atoms with Gasteiger partial charge in [0.05, 0.1) is 33.6 Å². The van der Waals surface area contributed by atoms with Gasteiger partial charge in [0.2, 0.25) is 0 Å². The van der Waals surface area contributed by atoms with E-state index in [1.54, 1.807) is 6.20 Å². The zero-order valence-electron chi connectivity index (χ0n) is 15.9. The van der Waals surface area contributed by atoms with Crippen LogP contribution in [0.2, 0.25) is 0 Å². The van der Waals surface area contributed by atoms with Gasteiger partial charge in [-0.1, -0.05) is 34.1 Å². The molecule has 2 aromatic carbocycles. The summed E-state index contributed by atoms with van der Waals surface area (Å²) in [6.07, 6.45) is 1.72. The normalized spacial score (nSPS) is 11.0.